The maximum atomic E-state index is 12.1. The van der Waals surface area contributed by atoms with Crippen molar-refractivity contribution in [3.05, 3.63) is 41.7 Å². The van der Waals surface area contributed by atoms with Gasteiger partial charge in [0.25, 0.3) is 5.91 Å². The number of methoxy groups -OCH3 is 1. The van der Waals surface area contributed by atoms with Gasteiger partial charge < -0.3 is 10.1 Å². The van der Waals surface area contributed by atoms with Gasteiger partial charge in [0, 0.05) is 19.4 Å². The number of hydrogen-bond acceptors (Lipinski definition) is 5. The zero-order valence-corrected chi connectivity index (χ0v) is 12.8. The van der Waals surface area contributed by atoms with Gasteiger partial charge in [0.05, 0.1) is 0 Å². The molecule has 1 aromatic heterocycles. The first-order valence-electron chi connectivity index (χ1n) is 6.58. The molecule has 1 heterocycles. The minimum Gasteiger partial charge on any atom is -0.367 e. The van der Waals surface area contributed by atoms with Crippen molar-refractivity contribution in [3.8, 4) is 0 Å². The number of aromatic amines is 1. The van der Waals surface area contributed by atoms with Crippen molar-refractivity contribution in [1.82, 2.24) is 20.5 Å². The quantitative estimate of drug-likeness (QED) is 0.601. The van der Waals surface area contributed by atoms with E-state index in [2.05, 4.69) is 20.5 Å². The molecule has 0 fully saturated rings. The lowest BCUT2D eigenvalue weighted by atomic mass is 10.1. The largest absolute Gasteiger partial charge is 0.367 e. The topological polar surface area (TPSA) is 79.9 Å². The first kappa shape index (κ1) is 15.5. The van der Waals surface area contributed by atoms with Crippen LogP contribution in [0.15, 0.2) is 35.5 Å². The molecule has 1 unspecified atom stereocenters. The number of aryl methyl sites for hydroxylation is 1. The van der Waals surface area contributed by atoms with Gasteiger partial charge >= 0.3 is 0 Å². The molecule has 1 aromatic carbocycles. The normalized spacial score (nSPS) is 12.1. The predicted molar refractivity (Wildman–Crippen MR) is 81.0 cm³/mol. The first-order chi connectivity index (χ1) is 10.2. The van der Waals surface area contributed by atoms with Crippen LogP contribution in [0.25, 0.3) is 0 Å². The van der Waals surface area contributed by atoms with Gasteiger partial charge in [-0.05, 0) is 12.5 Å². The van der Waals surface area contributed by atoms with Crippen LogP contribution in [0.4, 0.5) is 0 Å². The zero-order chi connectivity index (χ0) is 15.1. The van der Waals surface area contributed by atoms with E-state index >= 15 is 0 Å². The van der Waals surface area contributed by atoms with Crippen LogP contribution in [0, 0.1) is 6.92 Å². The van der Waals surface area contributed by atoms with E-state index in [1.54, 1.807) is 0 Å². The summed E-state index contributed by atoms with van der Waals surface area (Å²) in [6, 6.07) is 9.42. The highest BCUT2D eigenvalue weighted by Gasteiger charge is 2.19. The van der Waals surface area contributed by atoms with E-state index < -0.39 is 6.10 Å². The molecular weight excluding hydrogens is 288 g/mol. The number of thioether (sulfide) groups is 1. The number of benzene rings is 1. The Hall–Kier alpha value is -1.86. The van der Waals surface area contributed by atoms with E-state index in [-0.39, 0.29) is 5.91 Å². The Labute approximate surface area is 127 Å². The molecule has 0 bridgehead atoms. The number of amides is 1. The Balaban J connectivity index is 1.78. The van der Waals surface area contributed by atoms with E-state index in [1.807, 2.05) is 37.3 Å². The van der Waals surface area contributed by atoms with Crippen LogP contribution in [0.3, 0.4) is 0 Å². The third-order valence-corrected chi connectivity index (χ3v) is 3.63. The Morgan fingerprint density at radius 3 is 2.81 bits per heavy atom. The number of carbonyl (C=O) groups is 1. The van der Waals surface area contributed by atoms with Gasteiger partial charge in [-0.3, -0.25) is 9.89 Å². The van der Waals surface area contributed by atoms with Crippen LogP contribution in [0.5, 0.6) is 0 Å². The summed E-state index contributed by atoms with van der Waals surface area (Å²) in [5.74, 6) is 1.34. The van der Waals surface area contributed by atoms with E-state index in [9.17, 15) is 4.79 Å². The van der Waals surface area contributed by atoms with Crippen molar-refractivity contribution >= 4 is 17.7 Å². The van der Waals surface area contributed by atoms with Crippen LogP contribution in [-0.2, 0) is 9.53 Å². The molecule has 0 aliphatic heterocycles. The SMILES string of the molecule is COC(C(=O)NCCSc1n[nH]c(C)n1)c1ccccc1. The fraction of sp³-hybridized carbons (Fsp3) is 0.357. The van der Waals surface area contributed by atoms with Gasteiger partial charge in [0.1, 0.15) is 5.82 Å². The van der Waals surface area contributed by atoms with Crippen LogP contribution in [0.1, 0.15) is 17.5 Å². The van der Waals surface area contributed by atoms with E-state index in [1.165, 1.54) is 18.9 Å². The van der Waals surface area contributed by atoms with Crippen LogP contribution >= 0.6 is 11.8 Å². The van der Waals surface area contributed by atoms with Gasteiger partial charge in [-0.2, -0.15) is 0 Å². The summed E-state index contributed by atoms with van der Waals surface area (Å²) in [4.78, 5) is 16.3. The molecule has 0 radical (unpaired) electrons. The summed E-state index contributed by atoms with van der Waals surface area (Å²) in [6.07, 6.45) is -0.582. The Morgan fingerprint density at radius 2 is 2.19 bits per heavy atom. The Bertz CT molecular complexity index is 573. The van der Waals surface area contributed by atoms with Crippen LogP contribution in [0.2, 0.25) is 0 Å². The summed E-state index contributed by atoms with van der Waals surface area (Å²) in [6.45, 7) is 2.38. The summed E-state index contributed by atoms with van der Waals surface area (Å²) >= 11 is 1.49. The number of nitrogens with one attached hydrogen (secondary N) is 2. The molecule has 1 amide bonds. The monoisotopic (exact) mass is 306 g/mol. The number of rotatable bonds is 7. The molecule has 2 rings (SSSR count). The number of H-pyrrole nitrogens is 1. The van der Waals surface area contributed by atoms with E-state index in [4.69, 9.17) is 4.74 Å². The summed E-state index contributed by atoms with van der Waals surface area (Å²) in [7, 11) is 1.53. The number of aromatic nitrogens is 3. The van der Waals surface area contributed by atoms with E-state index in [0.717, 1.165) is 11.4 Å². The van der Waals surface area contributed by atoms with Crippen LogP contribution in [-0.4, -0.2) is 40.5 Å². The predicted octanol–water partition coefficient (Wildman–Crippen LogP) is 1.71. The van der Waals surface area contributed by atoms with Gasteiger partial charge in [-0.25, -0.2) is 4.98 Å². The molecule has 2 aromatic rings. The average molecular weight is 306 g/mol. The fourth-order valence-electron chi connectivity index (χ4n) is 1.82. The lowest BCUT2D eigenvalue weighted by Gasteiger charge is -2.15. The lowest BCUT2D eigenvalue weighted by Crippen LogP contribution is -2.32. The second kappa shape index (κ2) is 7.80. The number of hydrogen-bond donors (Lipinski definition) is 2. The third-order valence-electron chi connectivity index (χ3n) is 2.79. The van der Waals surface area contributed by atoms with Gasteiger partial charge in [0.15, 0.2) is 6.10 Å². The molecule has 1 atom stereocenters. The molecule has 21 heavy (non-hydrogen) atoms. The molecular formula is C14H18N4O2S. The highest BCUT2D eigenvalue weighted by Crippen LogP contribution is 2.16. The molecule has 0 saturated heterocycles. The molecule has 0 aliphatic carbocycles. The smallest absolute Gasteiger partial charge is 0.253 e. The zero-order valence-electron chi connectivity index (χ0n) is 12.0. The molecule has 112 valence electrons. The van der Waals surface area contributed by atoms with Gasteiger partial charge in [0.2, 0.25) is 5.16 Å². The fourth-order valence-corrected chi connectivity index (χ4v) is 2.52. The highest BCUT2D eigenvalue weighted by molar-refractivity contribution is 7.99. The van der Waals surface area contributed by atoms with Crippen molar-refractivity contribution in [3.63, 3.8) is 0 Å². The lowest BCUT2D eigenvalue weighted by molar-refractivity contribution is -0.131. The average Bonchev–Trinajstić information content (AvgIpc) is 2.91. The number of ether oxygens (including phenoxy) is 1. The van der Waals surface area contributed by atoms with Gasteiger partial charge in [-0.1, -0.05) is 42.1 Å². The van der Waals surface area contributed by atoms with Gasteiger partial charge in [-0.15, -0.1) is 5.10 Å². The number of nitrogens with zero attached hydrogens (tertiary/aromatic N) is 2. The maximum absolute atomic E-state index is 12.1. The molecule has 2 N–H and O–H groups in total. The first-order valence-corrected chi connectivity index (χ1v) is 7.56. The number of carbonyl (C=O) groups excluding carboxylic acids is 1. The second-order valence-corrected chi connectivity index (χ2v) is 5.43. The maximum Gasteiger partial charge on any atom is 0.253 e. The van der Waals surface area contributed by atoms with E-state index in [0.29, 0.717) is 17.5 Å². The third kappa shape index (κ3) is 4.57. The molecule has 6 nitrogen and oxygen atoms in total. The van der Waals surface area contributed by atoms with Crippen molar-refractivity contribution in [1.29, 1.82) is 0 Å². The van der Waals surface area contributed by atoms with Crippen molar-refractivity contribution in [2.24, 2.45) is 0 Å². The molecule has 0 spiro atoms. The summed E-state index contributed by atoms with van der Waals surface area (Å²) < 4.78 is 5.27. The highest BCUT2D eigenvalue weighted by atomic mass is 32.2. The van der Waals surface area contributed by atoms with Crippen LogP contribution < -0.4 is 5.32 Å². The Kier molecular flexibility index (Phi) is 5.77. The van der Waals surface area contributed by atoms with Crippen molar-refractivity contribution < 1.29 is 9.53 Å². The van der Waals surface area contributed by atoms with Crippen molar-refractivity contribution in [2.45, 2.75) is 18.2 Å². The molecule has 7 heteroatoms. The minimum atomic E-state index is -0.582. The molecule has 0 saturated carbocycles. The summed E-state index contributed by atoms with van der Waals surface area (Å²) in [5, 5.41) is 10.3. The Morgan fingerprint density at radius 1 is 1.43 bits per heavy atom. The standard InChI is InChI=1S/C14H18N4O2S/c1-10-16-14(18-17-10)21-9-8-15-13(19)12(20-2)11-6-4-3-5-7-11/h3-7,12H,8-9H2,1-2H3,(H,15,19)(H,16,17,18). The minimum absolute atomic E-state index is 0.143. The molecule has 0 aliphatic rings. The second-order valence-electron chi connectivity index (χ2n) is 4.37. The van der Waals surface area contributed by atoms with Crippen molar-refractivity contribution in [2.75, 3.05) is 19.4 Å². The summed E-state index contributed by atoms with van der Waals surface area (Å²) in [5.41, 5.74) is 0.842.